The monoisotopic (exact) mass is 511 g/mol. The van der Waals surface area contributed by atoms with Gasteiger partial charge in [-0.15, -0.1) is 0 Å². The number of aliphatic carboxylic acids is 1. The number of aryl methyl sites for hydroxylation is 2. The number of carboxylic acids is 1. The number of nitrogens with zero attached hydrogens (tertiary/aromatic N) is 4. The minimum Gasteiger partial charge on any atom is -0.481 e. The van der Waals surface area contributed by atoms with Gasteiger partial charge in [0.25, 0.3) is 0 Å². The van der Waals surface area contributed by atoms with Crippen molar-refractivity contribution in [3.8, 4) is 0 Å². The highest BCUT2D eigenvalue weighted by Crippen LogP contribution is 2.21. The fourth-order valence-electron chi connectivity index (χ4n) is 4.71. The molecule has 0 unspecified atom stereocenters. The fourth-order valence-corrected chi connectivity index (χ4v) is 4.71. The maximum Gasteiger partial charge on any atom is 0.329 e. The molecule has 0 spiro atoms. The van der Waals surface area contributed by atoms with E-state index in [1.54, 1.807) is 21.3 Å². The molecule has 0 saturated carbocycles. The Morgan fingerprint density at radius 2 is 1.74 bits per heavy atom. The van der Waals surface area contributed by atoms with Gasteiger partial charge in [-0.3, -0.25) is 19.3 Å². The molecule has 2 aromatic heterocycles. The molecular formula is C28H29N7O3. The van der Waals surface area contributed by atoms with Crippen molar-refractivity contribution >= 4 is 39.6 Å². The number of anilines is 1. The van der Waals surface area contributed by atoms with Crippen LogP contribution in [0.1, 0.15) is 29.8 Å². The topological polar surface area (TPSA) is 144 Å². The number of hydrogen-bond acceptors (Lipinski definition) is 5. The fraction of sp³-hybridized carbons (Fsp3) is 0.214. The number of para-hydroxylation sites is 2. The normalized spacial score (nSPS) is 11.3. The molecule has 5 N–H and O–H groups in total. The van der Waals surface area contributed by atoms with E-state index in [0.29, 0.717) is 31.6 Å². The van der Waals surface area contributed by atoms with Crippen LogP contribution in [-0.2, 0) is 31.5 Å². The van der Waals surface area contributed by atoms with Gasteiger partial charge in [0.1, 0.15) is 11.7 Å². The quantitative estimate of drug-likeness (QED) is 0.167. The number of nitrogen functional groups attached to an aromatic ring is 1. The highest BCUT2D eigenvalue weighted by atomic mass is 16.4. The SMILES string of the molecule is Cn1c(CNc2ccc(C(=N)N)cc2)nc2cc(Cn3c(=O)n(CCCC(=O)O)c4ccccc43)ccc21. The van der Waals surface area contributed by atoms with Gasteiger partial charge in [-0.1, -0.05) is 18.2 Å². The van der Waals surface area contributed by atoms with Crippen LogP contribution in [0.25, 0.3) is 22.1 Å². The minimum atomic E-state index is -0.870. The second kappa shape index (κ2) is 10.3. The number of aromatic nitrogens is 4. The average Bonchev–Trinajstić information content (AvgIpc) is 3.36. The van der Waals surface area contributed by atoms with Gasteiger partial charge in [-0.2, -0.15) is 0 Å². The molecule has 0 bridgehead atoms. The van der Waals surface area contributed by atoms with Crippen molar-refractivity contribution < 1.29 is 9.90 Å². The van der Waals surface area contributed by atoms with E-state index in [4.69, 9.17) is 21.2 Å². The Morgan fingerprint density at radius 1 is 1.03 bits per heavy atom. The summed E-state index contributed by atoms with van der Waals surface area (Å²) in [6.07, 6.45) is 0.407. The second-order valence-electron chi connectivity index (χ2n) is 9.26. The Labute approximate surface area is 218 Å². The first-order valence-electron chi connectivity index (χ1n) is 12.3. The van der Waals surface area contributed by atoms with Gasteiger partial charge in [0, 0.05) is 31.3 Å². The number of imidazole rings is 2. The lowest BCUT2D eigenvalue weighted by Crippen LogP contribution is -2.25. The molecule has 5 aromatic rings. The summed E-state index contributed by atoms with van der Waals surface area (Å²) in [5, 5.41) is 19.9. The van der Waals surface area contributed by atoms with Crippen LogP contribution in [0, 0.1) is 5.41 Å². The smallest absolute Gasteiger partial charge is 0.329 e. The van der Waals surface area contributed by atoms with Gasteiger partial charge in [-0.25, -0.2) is 9.78 Å². The van der Waals surface area contributed by atoms with Crippen LogP contribution in [0.2, 0.25) is 0 Å². The maximum atomic E-state index is 13.3. The minimum absolute atomic E-state index is 0.0171. The molecule has 0 saturated heterocycles. The summed E-state index contributed by atoms with van der Waals surface area (Å²) in [6, 6.07) is 21.0. The highest BCUT2D eigenvalue weighted by molar-refractivity contribution is 5.95. The van der Waals surface area contributed by atoms with Gasteiger partial charge < -0.3 is 20.7 Å². The lowest BCUT2D eigenvalue weighted by Gasteiger charge is -2.07. The van der Waals surface area contributed by atoms with Gasteiger partial charge in [-0.05, 0) is 60.5 Å². The predicted molar refractivity (Wildman–Crippen MR) is 148 cm³/mol. The van der Waals surface area contributed by atoms with Gasteiger partial charge in [0.2, 0.25) is 0 Å². The average molecular weight is 512 g/mol. The van der Waals surface area contributed by atoms with Crippen LogP contribution in [0.4, 0.5) is 5.69 Å². The molecule has 38 heavy (non-hydrogen) atoms. The largest absolute Gasteiger partial charge is 0.481 e. The number of nitrogens with two attached hydrogens (primary N) is 1. The van der Waals surface area contributed by atoms with E-state index in [1.165, 1.54) is 0 Å². The molecule has 0 fully saturated rings. The summed E-state index contributed by atoms with van der Waals surface area (Å²) in [4.78, 5) is 29.1. The number of rotatable bonds is 10. The summed E-state index contributed by atoms with van der Waals surface area (Å²) in [5.74, 6) is 0.0265. The third-order valence-corrected chi connectivity index (χ3v) is 6.72. The second-order valence-corrected chi connectivity index (χ2v) is 9.26. The number of amidine groups is 1. The van der Waals surface area contributed by atoms with E-state index < -0.39 is 5.97 Å². The molecule has 0 amide bonds. The first-order valence-corrected chi connectivity index (χ1v) is 12.3. The maximum absolute atomic E-state index is 13.3. The lowest BCUT2D eigenvalue weighted by atomic mass is 10.2. The van der Waals surface area contributed by atoms with Gasteiger partial charge in [0.05, 0.1) is 35.2 Å². The summed E-state index contributed by atoms with van der Waals surface area (Å²) in [7, 11) is 1.97. The van der Waals surface area contributed by atoms with Crippen LogP contribution in [0.3, 0.4) is 0 Å². The molecule has 194 valence electrons. The van der Waals surface area contributed by atoms with E-state index in [2.05, 4.69) is 5.32 Å². The summed E-state index contributed by atoms with van der Waals surface area (Å²) in [6.45, 7) is 1.25. The molecule has 10 heteroatoms. The number of hydrogen-bond donors (Lipinski definition) is 4. The number of carbonyl (C=O) groups is 1. The molecular weight excluding hydrogens is 482 g/mol. The van der Waals surface area contributed by atoms with E-state index in [9.17, 15) is 9.59 Å². The zero-order valence-electron chi connectivity index (χ0n) is 21.0. The molecule has 2 heterocycles. The van der Waals surface area contributed by atoms with Crippen molar-refractivity contribution in [2.75, 3.05) is 5.32 Å². The molecule has 0 aliphatic heterocycles. The van der Waals surface area contributed by atoms with Crippen molar-refractivity contribution in [1.82, 2.24) is 18.7 Å². The van der Waals surface area contributed by atoms with Crippen molar-refractivity contribution in [2.45, 2.75) is 32.5 Å². The van der Waals surface area contributed by atoms with Gasteiger partial charge >= 0.3 is 11.7 Å². The van der Waals surface area contributed by atoms with E-state index in [-0.39, 0.29) is 17.9 Å². The molecule has 10 nitrogen and oxygen atoms in total. The Hall–Kier alpha value is -4.86. The molecule has 3 aromatic carbocycles. The Balaban J connectivity index is 1.38. The van der Waals surface area contributed by atoms with Crippen molar-refractivity contribution in [3.05, 3.63) is 94.2 Å². The van der Waals surface area contributed by atoms with Crippen molar-refractivity contribution in [1.29, 1.82) is 5.41 Å². The molecule has 0 aliphatic carbocycles. The Kier molecular flexibility index (Phi) is 6.69. The van der Waals surface area contributed by atoms with E-state index in [0.717, 1.165) is 39.1 Å². The predicted octanol–water partition coefficient (Wildman–Crippen LogP) is 3.50. The molecule has 5 rings (SSSR count). The molecule has 0 radical (unpaired) electrons. The van der Waals surface area contributed by atoms with Crippen LogP contribution in [-0.4, -0.2) is 35.6 Å². The van der Waals surface area contributed by atoms with Crippen LogP contribution in [0.5, 0.6) is 0 Å². The zero-order chi connectivity index (χ0) is 26.8. The third-order valence-electron chi connectivity index (χ3n) is 6.72. The Morgan fingerprint density at radius 3 is 2.42 bits per heavy atom. The van der Waals surface area contributed by atoms with Crippen molar-refractivity contribution in [3.63, 3.8) is 0 Å². The zero-order valence-corrected chi connectivity index (χ0v) is 21.0. The summed E-state index contributed by atoms with van der Waals surface area (Å²) >= 11 is 0. The summed E-state index contributed by atoms with van der Waals surface area (Å²) < 4.78 is 5.42. The molecule has 0 aliphatic rings. The van der Waals surface area contributed by atoms with Crippen LogP contribution in [0.15, 0.2) is 71.5 Å². The number of carboxylic acid groups (broad SMARTS) is 1. The molecule has 0 atom stereocenters. The number of fused-ring (bicyclic) bond motifs is 2. The first kappa shape index (κ1) is 24.8. The highest BCUT2D eigenvalue weighted by Gasteiger charge is 2.15. The lowest BCUT2D eigenvalue weighted by molar-refractivity contribution is -0.137. The van der Waals surface area contributed by atoms with Gasteiger partial charge in [0.15, 0.2) is 0 Å². The number of nitrogens with one attached hydrogen (secondary N) is 2. The first-order chi connectivity index (χ1) is 18.3. The third kappa shape index (κ3) is 4.88. The standard InChI is InChI=1S/C28H29N7O3/c1-33-22-13-8-18(15-21(22)32-25(33)16-31-20-11-9-19(10-12-20)27(29)30)17-35-24-6-3-2-5-23(24)34(28(35)38)14-4-7-26(36)37/h2-3,5-6,8-13,15,31H,4,7,14,16-17H2,1H3,(H3,29,30)(H,36,37). The summed E-state index contributed by atoms with van der Waals surface area (Å²) in [5.41, 5.74) is 11.3. The van der Waals surface area contributed by atoms with Crippen molar-refractivity contribution in [2.24, 2.45) is 12.8 Å². The van der Waals surface area contributed by atoms with E-state index in [1.807, 2.05) is 66.2 Å². The van der Waals surface area contributed by atoms with Crippen LogP contribution < -0.4 is 16.7 Å². The Bertz CT molecular complexity index is 1710. The number of benzene rings is 3. The van der Waals surface area contributed by atoms with Crippen LogP contribution >= 0.6 is 0 Å². The van der Waals surface area contributed by atoms with E-state index >= 15 is 0 Å².